The second kappa shape index (κ2) is 20.4. The number of hydrogen-bond donors (Lipinski definition) is 10. The van der Waals surface area contributed by atoms with Gasteiger partial charge in [-0.05, 0) is 212 Å². The molecule has 13 nitrogen and oxygen atoms in total. The van der Waals surface area contributed by atoms with Crippen LogP contribution in [-0.4, -0.2) is 71.1 Å². The van der Waals surface area contributed by atoms with Crippen LogP contribution in [0.1, 0.15) is 147 Å². The van der Waals surface area contributed by atoms with E-state index in [0.717, 1.165) is 48.1 Å². The van der Waals surface area contributed by atoms with Gasteiger partial charge < -0.3 is 55.3 Å². The Hall–Kier alpha value is -6.67. The van der Waals surface area contributed by atoms with Gasteiger partial charge in [0.25, 0.3) is 0 Å². The molecule has 13 heteroatoms. The number of H-pyrrole nitrogens is 1. The van der Waals surface area contributed by atoms with Crippen LogP contribution >= 0.6 is 0 Å². The number of phenolic OH excluding ortho intramolecular Hbond substituents is 6. The summed E-state index contributed by atoms with van der Waals surface area (Å²) in [4.78, 5) is 19.1. The SMILES string of the molecule is NCOc1cc(CCC(=O)[C@@H]2C[C@H](Cc3ccc(O)cc3O)[C@@H]3C[C@@H]4C[C@@H]([C@]56C[C@@H](CCCO)[C@@]7(CCC8(CCCC8)C7)[C@H]5c5cc[nH]c5-c5ccccc56)[C@@H](c5cc(O)c(O)c(OCc6cccc(O)c6)c54)[C@@H]3[C@H]2O)ccc1O. The zero-order chi connectivity index (χ0) is 55.2. The van der Waals surface area contributed by atoms with Crippen LogP contribution in [0.2, 0.25) is 0 Å². The summed E-state index contributed by atoms with van der Waals surface area (Å²) in [5, 5.41) is 92.0. The summed E-state index contributed by atoms with van der Waals surface area (Å²) in [6.45, 7) is -0.0267. The van der Waals surface area contributed by atoms with Crippen LogP contribution in [0.15, 0.2) is 103 Å². The van der Waals surface area contributed by atoms with Crippen molar-refractivity contribution >= 4 is 5.78 Å². The first-order valence-electron chi connectivity index (χ1n) is 29.5. The first-order valence-corrected chi connectivity index (χ1v) is 29.5. The zero-order valence-corrected chi connectivity index (χ0v) is 45.4. The van der Waals surface area contributed by atoms with Gasteiger partial charge in [-0.25, -0.2) is 0 Å². The Morgan fingerprint density at radius 1 is 0.775 bits per heavy atom. The molecule has 1 aromatic heterocycles. The summed E-state index contributed by atoms with van der Waals surface area (Å²) >= 11 is 0. The van der Waals surface area contributed by atoms with Crippen molar-refractivity contribution in [2.24, 2.45) is 52.1 Å². The van der Waals surface area contributed by atoms with E-state index in [2.05, 4.69) is 41.5 Å². The van der Waals surface area contributed by atoms with E-state index in [4.69, 9.17) is 15.2 Å². The number of carbonyl (C=O) groups excluding carboxylic acids is 1. The Bertz CT molecular complexity index is 3330. The third kappa shape index (κ3) is 8.45. The Balaban J connectivity index is 1.02. The molecule has 0 amide bonds. The summed E-state index contributed by atoms with van der Waals surface area (Å²) in [6, 6.07) is 29.5. The van der Waals surface area contributed by atoms with Crippen molar-refractivity contribution in [3.63, 3.8) is 0 Å². The number of benzene rings is 5. The molecule has 5 saturated carbocycles. The minimum Gasteiger partial charge on any atom is -0.508 e. The van der Waals surface area contributed by atoms with Gasteiger partial charge in [-0.1, -0.05) is 61.4 Å². The number of Topliss-reactive ketones (excluding diaryl/α,β-unsaturated/α-hetero) is 1. The number of ketones is 1. The van der Waals surface area contributed by atoms with Gasteiger partial charge in [-0.2, -0.15) is 0 Å². The van der Waals surface area contributed by atoms with Gasteiger partial charge in [0.2, 0.25) is 5.75 Å². The maximum atomic E-state index is 15.4. The normalized spacial score (nSPS) is 30.3. The maximum Gasteiger partial charge on any atom is 0.200 e. The van der Waals surface area contributed by atoms with Crippen LogP contribution in [0, 0.1) is 46.3 Å². The Morgan fingerprint density at radius 2 is 1.60 bits per heavy atom. The first-order chi connectivity index (χ1) is 38.8. The van der Waals surface area contributed by atoms with Crippen molar-refractivity contribution < 1.29 is 55.1 Å². The molecular formula is C67H76N2O11. The molecule has 0 radical (unpaired) electrons. The molecule has 8 aliphatic rings. The number of fused-ring (bicyclic) bond motifs is 9. The number of ether oxygens (including phenoxy) is 2. The lowest BCUT2D eigenvalue weighted by Crippen LogP contribution is -2.53. The van der Waals surface area contributed by atoms with Gasteiger partial charge in [-0.3, -0.25) is 10.5 Å². The monoisotopic (exact) mass is 1080 g/mol. The number of aliphatic hydroxyl groups is 2. The van der Waals surface area contributed by atoms with Crippen molar-refractivity contribution in [3.05, 3.63) is 142 Å². The average molecular weight is 1090 g/mol. The molecule has 0 unspecified atom stereocenters. The molecule has 8 aliphatic carbocycles. The summed E-state index contributed by atoms with van der Waals surface area (Å²) in [5.74, 6) is -2.87. The molecule has 2 spiro atoms. The molecule has 5 aromatic carbocycles. The fraction of sp³-hybridized carbons (Fsp3) is 0.478. The molecule has 1 heterocycles. The van der Waals surface area contributed by atoms with Crippen molar-refractivity contribution in [1.82, 2.24) is 4.98 Å². The summed E-state index contributed by atoms with van der Waals surface area (Å²) in [5.41, 5.74) is 14.0. The van der Waals surface area contributed by atoms with E-state index in [9.17, 15) is 40.9 Å². The lowest BCUT2D eigenvalue weighted by molar-refractivity contribution is -0.136. The topological polar surface area (TPSA) is 239 Å². The average Bonchev–Trinajstić information content (AvgIpc) is 2.09. The van der Waals surface area contributed by atoms with Crippen LogP contribution in [0.25, 0.3) is 11.3 Å². The molecule has 11 N–H and O–H groups in total. The van der Waals surface area contributed by atoms with Crippen molar-refractivity contribution in [3.8, 4) is 57.3 Å². The third-order valence-electron chi connectivity index (χ3n) is 21.8. The van der Waals surface area contributed by atoms with Crippen molar-refractivity contribution in [2.45, 2.75) is 139 Å². The Kier molecular flexibility index (Phi) is 13.4. The molecule has 0 aliphatic heterocycles. The Morgan fingerprint density at radius 3 is 2.40 bits per heavy atom. The molecule has 12 atom stereocenters. The van der Waals surface area contributed by atoms with Crippen LogP contribution in [0.4, 0.5) is 0 Å². The predicted molar refractivity (Wildman–Crippen MR) is 302 cm³/mol. The highest BCUT2D eigenvalue weighted by Crippen LogP contribution is 2.80. The fourth-order valence-corrected chi connectivity index (χ4v) is 19.0. The van der Waals surface area contributed by atoms with Crippen LogP contribution in [0.3, 0.4) is 0 Å². The highest BCUT2D eigenvalue weighted by atomic mass is 16.5. The lowest BCUT2D eigenvalue weighted by Gasteiger charge is -2.56. The molecule has 6 aromatic rings. The van der Waals surface area contributed by atoms with Crippen molar-refractivity contribution in [1.29, 1.82) is 0 Å². The number of nitrogens with one attached hydrogen (secondary N) is 1. The van der Waals surface area contributed by atoms with Crippen LogP contribution in [-0.2, 0) is 29.7 Å². The molecular weight excluding hydrogens is 1010 g/mol. The van der Waals surface area contributed by atoms with E-state index < -0.39 is 29.3 Å². The van der Waals surface area contributed by atoms with Crippen LogP contribution in [0.5, 0.6) is 46.0 Å². The summed E-state index contributed by atoms with van der Waals surface area (Å²) in [7, 11) is 0. The molecule has 5 fully saturated rings. The quantitative estimate of drug-likeness (QED) is 0.0341. The number of rotatable bonds is 15. The van der Waals surface area contributed by atoms with Gasteiger partial charge in [0.15, 0.2) is 23.0 Å². The number of aryl methyl sites for hydroxylation is 1. The maximum absolute atomic E-state index is 15.4. The van der Waals surface area contributed by atoms with E-state index in [1.54, 1.807) is 48.5 Å². The molecule has 420 valence electrons. The number of hydrogen-bond acceptors (Lipinski definition) is 12. The van der Waals surface area contributed by atoms with E-state index in [0.29, 0.717) is 49.7 Å². The minimum atomic E-state index is -1.14. The van der Waals surface area contributed by atoms with E-state index in [1.807, 2.05) is 6.07 Å². The van der Waals surface area contributed by atoms with Gasteiger partial charge in [0.1, 0.15) is 36.4 Å². The molecule has 80 heavy (non-hydrogen) atoms. The smallest absolute Gasteiger partial charge is 0.200 e. The number of aromatic amines is 1. The minimum absolute atomic E-state index is 0.000807. The number of phenols is 6. The summed E-state index contributed by atoms with van der Waals surface area (Å²) in [6.07, 6.45) is 14.1. The van der Waals surface area contributed by atoms with Gasteiger partial charge in [0, 0.05) is 59.4 Å². The largest absolute Gasteiger partial charge is 0.508 e. The predicted octanol–water partition coefficient (Wildman–Crippen LogP) is 11.6. The zero-order valence-electron chi connectivity index (χ0n) is 45.4. The lowest BCUT2D eigenvalue weighted by atomic mass is 9.47. The number of carbonyl (C=O) groups is 1. The van der Waals surface area contributed by atoms with E-state index >= 15 is 4.79 Å². The van der Waals surface area contributed by atoms with Crippen molar-refractivity contribution in [2.75, 3.05) is 13.3 Å². The molecule has 0 saturated heterocycles. The summed E-state index contributed by atoms with van der Waals surface area (Å²) < 4.78 is 12.3. The number of aromatic hydroxyl groups is 6. The fourth-order valence-electron chi connectivity index (χ4n) is 19.0. The van der Waals surface area contributed by atoms with Crippen LogP contribution < -0.4 is 15.2 Å². The first kappa shape index (κ1) is 52.7. The second-order valence-electron chi connectivity index (χ2n) is 25.5. The Labute approximate surface area is 467 Å². The highest BCUT2D eigenvalue weighted by Gasteiger charge is 2.72. The van der Waals surface area contributed by atoms with Gasteiger partial charge in [0.05, 0.1) is 6.10 Å². The standard InChI is InChI=1S/C67H76N2O11/c68-36-80-56-26-37(13-17-53(56)74)12-16-52(73)48-28-40(27-39-14-15-44(72)31-54(39)75)47-29-41-30-51(58(59(47)61(48)77)49-32-55(76)62(78)63(57(41)49)79-34-38-7-5-9-43(71)25-38)67-33-42(8-6-24-70)66(22-21-65(35-66)19-3-4-20-65)64(67)46-18-23-69-60(46)45-10-1-2-11-50(45)67/h1-2,5,7,9-11,13-15,17-18,23,25-26,31-32,40-42,47-48,51,58-59,61,64,69-72,74-78H,3-4,6,8,12,16,19-22,24,27-30,33-36,68H2/t40-,41+,42+,47-,48-,51+,58+,59+,61-,64+,66-,67+/m0/s1. The highest BCUT2D eigenvalue weighted by molar-refractivity contribution is 5.82. The molecule has 2 bridgehead atoms. The van der Waals surface area contributed by atoms with E-state index in [1.165, 1.54) is 60.9 Å². The molecule has 14 rings (SSSR count). The van der Waals surface area contributed by atoms with E-state index in [-0.39, 0.29) is 124 Å². The third-order valence-corrected chi connectivity index (χ3v) is 21.8. The van der Waals surface area contributed by atoms with Gasteiger partial charge in [-0.15, -0.1) is 0 Å². The number of aromatic nitrogens is 1. The number of aliphatic hydroxyl groups excluding tert-OH is 2. The second-order valence-corrected chi connectivity index (χ2v) is 25.5. The van der Waals surface area contributed by atoms with Gasteiger partial charge >= 0.3 is 0 Å². The number of nitrogens with two attached hydrogens (primary N) is 1.